The average Bonchev–Trinajstić information content (AvgIpc) is 3.17. The van der Waals surface area contributed by atoms with Crippen molar-refractivity contribution >= 4 is 64.6 Å². The molecule has 3 amide bonds. The Labute approximate surface area is 207 Å². The molecule has 2 atom stereocenters. The second-order valence-corrected chi connectivity index (χ2v) is 7.81. The number of nitrogens with zero attached hydrogens (tertiary/aromatic N) is 1. The first-order valence-corrected chi connectivity index (χ1v) is 9.80. The Balaban J connectivity index is 0.00000363. The summed E-state index contributed by atoms with van der Waals surface area (Å²) >= 11 is 1.02. The third-order valence-electron chi connectivity index (χ3n) is 4.47. The van der Waals surface area contributed by atoms with Gasteiger partial charge in [0.1, 0.15) is 11.6 Å². The molecule has 164 valence electrons. The van der Waals surface area contributed by atoms with Crippen molar-refractivity contribution in [2.75, 3.05) is 7.05 Å². The summed E-state index contributed by atoms with van der Waals surface area (Å²) in [6.07, 6.45) is 1.92. The molecule has 0 aliphatic carbocycles. The first-order valence-electron chi connectivity index (χ1n) is 8.98. The van der Waals surface area contributed by atoms with Gasteiger partial charge >= 0.3 is 41.6 Å². The van der Waals surface area contributed by atoms with Crippen LogP contribution in [0.4, 0.5) is 13.6 Å². The Morgan fingerprint density at radius 2 is 1.94 bits per heavy atom. The third kappa shape index (κ3) is 6.00. The van der Waals surface area contributed by atoms with Gasteiger partial charge < -0.3 is 20.6 Å². The number of rotatable bonds is 6. The molecule has 3 N–H and O–H groups in total. The molecule has 0 fully saturated rings. The molecule has 32 heavy (non-hydrogen) atoms. The van der Waals surface area contributed by atoms with Crippen molar-refractivity contribution in [3.63, 3.8) is 0 Å². The molecule has 1 aromatic carbocycles. The van der Waals surface area contributed by atoms with Gasteiger partial charge in [-0.3, -0.25) is 14.4 Å². The van der Waals surface area contributed by atoms with Gasteiger partial charge in [0, 0.05) is 40.7 Å². The van der Waals surface area contributed by atoms with Crippen LogP contribution in [-0.4, -0.2) is 76.3 Å². The molecule has 0 bridgehead atoms. The number of carboxylic acids is 1. The second-order valence-electron chi connectivity index (χ2n) is 6.69. The van der Waals surface area contributed by atoms with E-state index in [2.05, 4.69) is 10.6 Å². The second kappa shape index (κ2) is 10.8. The summed E-state index contributed by atoms with van der Waals surface area (Å²) in [6.45, 7) is 0. The van der Waals surface area contributed by atoms with Crippen molar-refractivity contribution in [1.82, 2.24) is 15.5 Å². The number of amides is 3. The summed E-state index contributed by atoms with van der Waals surface area (Å²) in [5, 5.41) is 13.9. The number of aliphatic carboxylic acids is 1. The number of ketones is 1. The molecular formula is C20H18F2N3NaO5S. The summed E-state index contributed by atoms with van der Waals surface area (Å²) in [4.78, 5) is 49.6. The summed E-state index contributed by atoms with van der Waals surface area (Å²) in [5.74, 6) is -3.96. The zero-order valence-corrected chi connectivity index (χ0v) is 16.9. The molecule has 1 aliphatic heterocycles. The minimum atomic E-state index is -1.42. The molecule has 12 heteroatoms. The van der Waals surface area contributed by atoms with Crippen molar-refractivity contribution in [1.29, 1.82) is 0 Å². The zero-order chi connectivity index (χ0) is 22.7. The standard InChI is InChI=1S/C20H17F2N3O5S.Na.H/c1-25-7-6-14(26)18(19(25)29)24-20(30)23-13(9-17(27)28)16-5-4-15(31-16)11-3-2-10(21)8-12(11)22;;/h2-8,13,18H,9H2,1H3,(H,27,28)(H2,23,24,30);;/t13-,18?;;/m0../s1. The fourth-order valence-electron chi connectivity index (χ4n) is 2.92. The molecule has 3 rings (SSSR count). The first kappa shape index (κ1) is 25.7. The topological polar surface area (TPSA) is 116 Å². The van der Waals surface area contributed by atoms with Gasteiger partial charge in [-0.15, -0.1) is 11.3 Å². The van der Waals surface area contributed by atoms with Gasteiger partial charge in [0.2, 0.25) is 0 Å². The summed E-state index contributed by atoms with van der Waals surface area (Å²) in [7, 11) is 1.42. The van der Waals surface area contributed by atoms with E-state index in [-0.39, 0.29) is 35.1 Å². The average molecular weight is 473 g/mol. The number of urea groups is 1. The molecule has 1 aromatic heterocycles. The molecule has 0 saturated heterocycles. The Morgan fingerprint density at radius 1 is 1.22 bits per heavy atom. The number of thiophene rings is 1. The van der Waals surface area contributed by atoms with Crippen molar-refractivity contribution in [2.24, 2.45) is 0 Å². The molecular weight excluding hydrogens is 455 g/mol. The molecule has 2 heterocycles. The molecule has 0 saturated carbocycles. The van der Waals surface area contributed by atoms with Gasteiger partial charge in [-0.05, 0) is 24.3 Å². The van der Waals surface area contributed by atoms with E-state index in [9.17, 15) is 33.1 Å². The van der Waals surface area contributed by atoms with Crippen LogP contribution in [0, 0.1) is 11.6 Å². The van der Waals surface area contributed by atoms with Crippen molar-refractivity contribution in [3.05, 3.63) is 59.1 Å². The van der Waals surface area contributed by atoms with E-state index in [1.165, 1.54) is 31.4 Å². The predicted octanol–water partition coefficient (Wildman–Crippen LogP) is 1.78. The number of halogens is 2. The maximum absolute atomic E-state index is 14.1. The van der Waals surface area contributed by atoms with Crippen LogP contribution >= 0.6 is 11.3 Å². The van der Waals surface area contributed by atoms with Gasteiger partial charge in [-0.25, -0.2) is 13.6 Å². The molecule has 1 unspecified atom stereocenters. The van der Waals surface area contributed by atoms with Crippen LogP contribution in [0.2, 0.25) is 0 Å². The fraction of sp³-hybridized carbons (Fsp3) is 0.200. The van der Waals surface area contributed by atoms with E-state index < -0.39 is 53.8 Å². The predicted molar refractivity (Wildman–Crippen MR) is 114 cm³/mol. The van der Waals surface area contributed by atoms with E-state index in [0.29, 0.717) is 9.75 Å². The van der Waals surface area contributed by atoms with E-state index in [1.807, 2.05) is 0 Å². The number of hydrogen-bond acceptors (Lipinski definition) is 5. The van der Waals surface area contributed by atoms with Gasteiger partial charge in [-0.2, -0.15) is 0 Å². The van der Waals surface area contributed by atoms with E-state index in [4.69, 9.17) is 0 Å². The van der Waals surface area contributed by atoms with Crippen molar-refractivity contribution in [3.8, 4) is 10.4 Å². The number of benzene rings is 1. The van der Waals surface area contributed by atoms with Crippen LogP contribution in [-0.2, 0) is 14.4 Å². The number of carbonyl (C=O) groups is 4. The van der Waals surface area contributed by atoms with Crippen molar-refractivity contribution in [2.45, 2.75) is 18.5 Å². The SMILES string of the molecule is CN1C=CC(=O)C(NC(=O)N[C@@H](CC(=O)O)c2ccc(-c3ccc(F)cc3F)s2)C1=O.[NaH]. The maximum atomic E-state index is 14.1. The van der Waals surface area contributed by atoms with E-state index in [0.717, 1.165) is 34.4 Å². The number of nitrogens with one attached hydrogen (secondary N) is 2. The van der Waals surface area contributed by atoms with Crippen LogP contribution in [0.5, 0.6) is 0 Å². The quantitative estimate of drug-likeness (QED) is 0.437. The minimum absolute atomic E-state index is 0. The van der Waals surface area contributed by atoms with Crippen LogP contribution < -0.4 is 10.6 Å². The van der Waals surface area contributed by atoms with Gasteiger partial charge in [0.05, 0.1) is 12.5 Å². The van der Waals surface area contributed by atoms with E-state index >= 15 is 0 Å². The normalized spacial score (nSPS) is 16.3. The summed E-state index contributed by atoms with van der Waals surface area (Å²) < 4.78 is 27.2. The summed E-state index contributed by atoms with van der Waals surface area (Å²) in [6, 6.07) is 2.79. The van der Waals surface area contributed by atoms with Gasteiger partial charge in [-0.1, -0.05) is 0 Å². The summed E-state index contributed by atoms with van der Waals surface area (Å²) in [5.41, 5.74) is 0.129. The van der Waals surface area contributed by atoms with Crippen molar-refractivity contribution < 1.29 is 33.1 Å². The Kier molecular flexibility index (Phi) is 8.67. The molecule has 8 nitrogen and oxygen atoms in total. The molecule has 1 aliphatic rings. The third-order valence-corrected chi connectivity index (χ3v) is 5.70. The Morgan fingerprint density at radius 3 is 2.59 bits per heavy atom. The van der Waals surface area contributed by atoms with Gasteiger partial charge in [0.15, 0.2) is 11.8 Å². The number of carbonyl (C=O) groups excluding carboxylic acids is 3. The molecule has 0 spiro atoms. The van der Waals surface area contributed by atoms with Gasteiger partial charge in [0.25, 0.3) is 5.91 Å². The van der Waals surface area contributed by atoms with Crippen LogP contribution in [0.25, 0.3) is 10.4 Å². The number of hydrogen-bond donors (Lipinski definition) is 3. The fourth-order valence-corrected chi connectivity index (χ4v) is 4.00. The van der Waals surface area contributed by atoms with Crippen LogP contribution in [0.15, 0.2) is 42.6 Å². The molecule has 0 radical (unpaired) electrons. The number of carboxylic acid groups (broad SMARTS) is 1. The number of likely N-dealkylation sites (N-methyl/N-ethyl adjacent to an activating group) is 1. The van der Waals surface area contributed by atoms with E-state index in [1.54, 1.807) is 0 Å². The Hall–Kier alpha value is -2.60. The Bertz CT molecular complexity index is 1090. The zero-order valence-electron chi connectivity index (χ0n) is 16.1. The van der Waals surface area contributed by atoms with Crippen LogP contribution in [0.1, 0.15) is 17.3 Å². The van der Waals surface area contributed by atoms with Crippen LogP contribution in [0.3, 0.4) is 0 Å². The monoisotopic (exact) mass is 473 g/mol. The molecule has 2 aromatic rings. The first-order chi connectivity index (χ1) is 14.7.